The third-order valence-corrected chi connectivity index (χ3v) is 13.5. The van der Waals surface area contributed by atoms with Crippen molar-refractivity contribution in [3.8, 4) is 0 Å². The van der Waals surface area contributed by atoms with Crippen LogP contribution in [0.3, 0.4) is 0 Å². The van der Waals surface area contributed by atoms with Gasteiger partial charge >= 0.3 is 23.9 Å². The highest BCUT2D eigenvalue weighted by Gasteiger charge is 2.55. The maximum absolute atomic E-state index is 13.7. The molecule has 1 aliphatic rings. The smallest absolute Gasteiger partial charge is 0.340 e. The van der Waals surface area contributed by atoms with Gasteiger partial charge < -0.3 is 28.1 Å². The fourth-order valence-electron chi connectivity index (χ4n) is 5.06. The van der Waals surface area contributed by atoms with Gasteiger partial charge in [-0.1, -0.05) is 93.6 Å². The van der Waals surface area contributed by atoms with E-state index in [4.69, 9.17) is 28.1 Å². The third kappa shape index (κ3) is 9.37. The van der Waals surface area contributed by atoms with Crippen LogP contribution in [0.4, 0.5) is 0 Å². The molecule has 0 bridgehead atoms. The van der Waals surface area contributed by atoms with Gasteiger partial charge in [0.2, 0.25) is 12.4 Å². The lowest BCUT2D eigenvalue weighted by Gasteiger charge is -2.45. The van der Waals surface area contributed by atoms with Gasteiger partial charge in [-0.25, -0.2) is 19.2 Å². The number of esters is 4. The van der Waals surface area contributed by atoms with Crippen LogP contribution in [-0.2, 0) is 28.1 Å². The standard InChI is InChI=1S/C40H42O10Si/c1-40(2,3)51(4,5)45-26-31-32(47-35(41)27-18-10-6-11-19-27)33(48-36(42)28-20-12-7-13-21-28)34(49-37(43)29-22-14-8-15-23-29)39(46-31)50-38(44)30-24-16-9-17-25-30/h6-25,31-34,39H,26H2,1-5H3/t31?,32-,33-,34?,39-/m1/s1. The van der Waals surface area contributed by atoms with E-state index in [-0.39, 0.29) is 33.9 Å². The highest BCUT2D eigenvalue weighted by molar-refractivity contribution is 6.74. The summed E-state index contributed by atoms with van der Waals surface area (Å²) >= 11 is 0. The molecule has 10 nitrogen and oxygen atoms in total. The number of carbonyl (C=O) groups excluding carboxylic acids is 4. The van der Waals surface area contributed by atoms with Crippen LogP contribution >= 0.6 is 0 Å². The Morgan fingerprint density at radius 1 is 0.529 bits per heavy atom. The first-order chi connectivity index (χ1) is 24.3. The Morgan fingerprint density at radius 2 is 0.863 bits per heavy atom. The Hall–Kier alpha value is -5.10. The van der Waals surface area contributed by atoms with E-state index in [0.29, 0.717) is 0 Å². The van der Waals surface area contributed by atoms with Gasteiger partial charge in [0.15, 0.2) is 20.5 Å². The monoisotopic (exact) mass is 710 g/mol. The van der Waals surface area contributed by atoms with E-state index in [1.807, 2.05) is 13.1 Å². The van der Waals surface area contributed by atoms with Crippen LogP contribution in [0.1, 0.15) is 62.2 Å². The molecule has 0 amide bonds. The Kier molecular flexibility index (Phi) is 11.9. The van der Waals surface area contributed by atoms with Crippen molar-refractivity contribution < 1.29 is 47.3 Å². The van der Waals surface area contributed by atoms with Crippen molar-refractivity contribution in [2.24, 2.45) is 0 Å². The molecule has 1 heterocycles. The molecular weight excluding hydrogens is 669 g/mol. The first-order valence-corrected chi connectivity index (χ1v) is 19.6. The molecule has 266 valence electrons. The SMILES string of the molecule is CC(C)(C)[Si](C)(C)OCC1O[C@H](OC(=O)c2ccccc2)C(OC(=O)c2ccccc2)[C@H](OC(=O)c2ccccc2)[C@@H]1OC(=O)c1ccccc1. The maximum atomic E-state index is 13.7. The highest BCUT2D eigenvalue weighted by Crippen LogP contribution is 2.38. The zero-order valence-corrected chi connectivity index (χ0v) is 30.2. The fraction of sp³-hybridized carbons (Fsp3) is 0.300. The molecule has 5 atom stereocenters. The molecule has 4 aromatic carbocycles. The summed E-state index contributed by atoms with van der Waals surface area (Å²) in [6.07, 6.45) is -7.24. The topological polar surface area (TPSA) is 124 Å². The van der Waals surface area contributed by atoms with Gasteiger partial charge in [-0.2, -0.15) is 0 Å². The molecule has 1 saturated heterocycles. The molecule has 0 spiro atoms. The number of hydrogen-bond donors (Lipinski definition) is 0. The Morgan fingerprint density at radius 3 is 1.24 bits per heavy atom. The quantitative estimate of drug-likeness (QED) is 0.0892. The molecule has 0 N–H and O–H groups in total. The Balaban J connectivity index is 1.60. The average Bonchev–Trinajstić information content (AvgIpc) is 3.13. The average molecular weight is 711 g/mol. The van der Waals surface area contributed by atoms with Crippen LogP contribution in [-0.4, -0.2) is 69.5 Å². The van der Waals surface area contributed by atoms with Gasteiger partial charge in [-0.3, -0.25) is 0 Å². The van der Waals surface area contributed by atoms with Crippen LogP contribution in [0, 0.1) is 0 Å². The van der Waals surface area contributed by atoms with Crippen molar-refractivity contribution in [1.29, 1.82) is 0 Å². The Labute approximate surface area is 298 Å². The molecule has 4 aromatic rings. The summed E-state index contributed by atoms with van der Waals surface area (Å²) in [7, 11) is -2.44. The lowest BCUT2D eigenvalue weighted by atomic mass is 9.97. The molecule has 1 fully saturated rings. The number of rotatable bonds is 11. The number of ether oxygens (including phenoxy) is 5. The van der Waals surface area contributed by atoms with Crippen molar-refractivity contribution in [1.82, 2.24) is 0 Å². The summed E-state index contributed by atoms with van der Waals surface area (Å²) in [5.74, 6) is -3.12. The van der Waals surface area contributed by atoms with Gasteiger partial charge in [0.05, 0.1) is 28.9 Å². The predicted molar refractivity (Wildman–Crippen MR) is 191 cm³/mol. The molecule has 51 heavy (non-hydrogen) atoms. The Bertz CT molecular complexity index is 1780. The minimum Gasteiger partial charge on any atom is -0.452 e. The molecule has 0 saturated carbocycles. The summed E-state index contributed by atoms with van der Waals surface area (Å²) in [5, 5.41) is -0.204. The van der Waals surface area contributed by atoms with E-state index in [1.165, 1.54) is 0 Å². The largest absolute Gasteiger partial charge is 0.452 e. The lowest BCUT2D eigenvalue weighted by Crippen LogP contribution is -2.63. The number of hydrogen-bond acceptors (Lipinski definition) is 10. The van der Waals surface area contributed by atoms with E-state index in [1.54, 1.807) is 121 Å². The summed E-state index contributed by atoms with van der Waals surface area (Å²) in [6.45, 7) is 10.2. The second-order valence-corrected chi connectivity index (χ2v) is 18.4. The van der Waals surface area contributed by atoms with Gasteiger partial charge in [0.1, 0.15) is 6.10 Å². The van der Waals surface area contributed by atoms with Crippen molar-refractivity contribution in [2.75, 3.05) is 6.61 Å². The normalized spacial score (nSPS) is 20.5. The van der Waals surface area contributed by atoms with Crippen LogP contribution in [0.2, 0.25) is 18.1 Å². The van der Waals surface area contributed by atoms with E-state index in [0.717, 1.165) is 0 Å². The number of carbonyl (C=O) groups is 4. The zero-order valence-electron chi connectivity index (χ0n) is 29.2. The highest BCUT2D eigenvalue weighted by atomic mass is 28.4. The van der Waals surface area contributed by atoms with Crippen molar-refractivity contribution in [3.63, 3.8) is 0 Å². The third-order valence-electron chi connectivity index (χ3n) is 9.00. The summed E-state index contributed by atoms with van der Waals surface area (Å²) < 4.78 is 37.1. The first-order valence-electron chi connectivity index (χ1n) is 16.7. The molecule has 5 rings (SSSR count). The molecule has 11 heteroatoms. The minimum atomic E-state index is -2.44. The summed E-state index contributed by atoms with van der Waals surface area (Å²) in [5.41, 5.74) is 0.807. The summed E-state index contributed by atoms with van der Waals surface area (Å²) in [4.78, 5) is 54.5. The molecule has 0 radical (unpaired) electrons. The molecule has 0 aromatic heterocycles. The van der Waals surface area contributed by atoms with Crippen LogP contribution in [0.5, 0.6) is 0 Å². The van der Waals surface area contributed by atoms with Crippen molar-refractivity contribution in [2.45, 2.75) is 69.6 Å². The lowest BCUT2D eigenvalue weighted by molar-refractivity contribution is -0.282. The van der Waals surface area contributed by atoms with Gasteiger partial charge in [0.25, 0.3) is 0 Å². The van der Waals surface area contributed by atoms with Gasteiger partial charge in [0, 0.05) is 0 Å². The van der Waals surface area contributed by atoms with Crippen LogP contribution < -0.4 is 0 Å². The van der Waals surface area contributed by atoms with Gasteiger partial charge in [-0.15, -0.1) is 0 Å². The van der Waals surface area contributed by atoms with E-state index >= 15 is 0 Å². The van der Waals surface area contributed by atoms with E-state index in [2.05, 4.69) is 20.8 Å². The summed E-state index contributed by atoms with van der Waals surface area (Å²) in [6, 6.07) is 32.8. The first kappa shape index (κ1) is 37.2. The van der Waals surface area contributed by atoms with Crippen molar-refractivity contribution in [3.05, 3.63) is 144 Å². The maximum Gasteiger partial charge on any atom is 0.340 e. The molecule has 0 aliphatic carbocycles. The number of benzene rings is 4. The second-order valence-electron chi connectivity index (χ2n) is 13.6. The molecular formula is C40H42O10Si. The minimum absolute atomic E-state index is 0.124. The fourth-order valence-corrected chi connectivity index (χ4v) is 6.08. The van der Waals surface area contributed by atoms with Crippen LogP contribution in [0.15, 0.2) is 121 Å². The van der Waals surface area contributed by atoms with Crippen LogP contribution in [0.25, 0.3) is 0 Å². The zero-order chi connectivity index (χ0) is 36.6. The van der Waals surface area contributed by atoms with Gasteiger partial charge in [-0.05, 0) is 66.7 Å². The molecule has 1 aliphatic heterocycles. The van der Waals surface area contributed by atoms with Crippen molar-refractivity contribution >= 4 is 32.2 Å². The van der Waals surface area contributed by atoms with E-state index < -0.39 is 62.9 Å². The predicted octanol–water partition coefficient (Wildman–Crippen LogP) is 7.27. The van der Waals surface area contributed by atoms with E-state index in [9.17, 15) is 19.2 Å². The second kappa shape index (κ2) is 16.3. The molecule has 2 unspecified atom stereocenters.